The second-order valence-electron chi connectivity index (χ2n) is 3.97. The first-order valence-electron chi connectivity index (χ1n) is 5.31. The van der Waals surface area contributed by atoms with Gasteiger partial charge in [0.1, 0.15) is 11.2 Å². The summed E-state index contributed by atoms with van der Waals surface area (Å²) < 4.78 is 5.63. The second kappa shape index (κ2) is 3.59. The summed E-state index contributed by atoms with van der Waals surface area (Å²) in [5.74, 6) is 0.519. The Labute approximate surface area is 98.1 Å². The molecule has 0 spiro atoms. The number of fused-ring (bicyclic) bond motifs is 1. The van der Waals surface area contributed by atoms with Crippen LogP contribution < -0.4 is 5.73 Å². The monoisotopic (exact) mass is 225 g/mol. The van der Waals surface area contributed by atoms with Crippen LogP contribution in [0.4, 0.5) is 5.69 Å². The van der Waals surface area contributed by atoms with E-state index < -0.39 is 0 Å². The van der Waals surface area contributed by atoms with E-state index in [0.29, 0.717) is 17.3 Å². The SMILES string of the molecule is Cc1ccc2oc(-c3ccc(N)cn3)nc2c1. The molecule has 0 saturated heterocycles. The average molecular weight is 225 g/mol. The van der Waals surface area contributed by atoms with Gasteiger partial charge in [0.15, 0.2) is 5.58 Å². The zero-order valence-electron chi connectivity index (χ0n) is 9.34. The number of aryl methyl sites for hydroxylation is 1. The van der Waals surface area contributed by atoms with E-state index in [1.807, 2.05) is 25.1 Å². The minimum Gasteiger partial charge on any atom is -0.435 e. The van der Waals surface area contributed by atoms with Gasteiger partial charge >= 0.3 is 0 Å². The number of rotatable bonds is 1. The first kappa shape index (κ1) is 9.84. The fraction of sp³-hybridized carbons (Fsp3) is 0.0769. The zero-order chi connectivity index (χ0) is 11.8. The molecule has 1 aromatic carbocycles. The molecule has 2 heterocycles. The predicted molar refractivity (Wildman–Crippen MR) is 66.4 cm³/mol. The van der Waals surface area contributed by atoms with Crippen molar-refractivity contribution in [2.75, 3.05) is 5.73 Å². The Morgan fingerprint density at radius 1 is 1.18 bits per heavy atom. The lowest BCUT2D eigenvalue weighted by Gasteiger charge is -1.94. The first-order valence-corrected chi connectivity index (χ1v) is 5.31. The smallest absolute Gasteiger partial charge is 0.246 e. The average Bonchev–Trinajstić information content (AvgIpc) is 2.72. The van der Waals surface area contributed by atoms with Gasteiger partial charge in [-0.1, -0.05) is 6.07 Å². The van der Waals surface area contributed by atoms with Crippen molar-refractivity contribution in [2.24, 2.45) is 0 Å². The highest BCUT2D eigenvalue weighted by molar-refractivity contribution is 5.76. The maximum Gasteiger partial charge on any atom is 0.246 e. The summed E-state index contributed by atoms with van der Waals surface area (Å²) in [6.45, 7) is 2.02. The topological polar surface area (TPSA) is 64.9 Å². The molecule has 4 nitrogen and oxygen atoms in total. The lowest BCUT2D eigenvalue weighted by molar-refractivity contribution is 0.617. The Kier molecular flexibility index (Phi) is 2.08. The Bertz CT molecular complexity index is 671. The fourth-order valence-corrected chi connectivity index (χ4v) is 1.68. The van der Waals surface area contributed by atoms with Gasteiger partial charge in [-0.15, -0.1) is 0 Å². The fourth-order valence-electron chi connectivity index (χ4n) is 1.68. The molecule has 0 unspecified atom stereocenters. The molecule has 84 valence electrons. The number of oxazole rings is 1. The maximum absolute atomic E-state index is 5.63. The van der Waals surface area contributed by atoms with Gasteiger partial charge in [-0.2, -0.15) is 0 Å². The van der Waals surface area contributed by atoms with Gasteiger partial charge in [-0.25, -0.2) is 9.97 Å². The summed E-state index contributed by atoms with van der Waals surface area (Å²) >= 11 is 0. The van der Waals surface area contributed by atoms with Crippen LogP contribution in [0.3, 0.4) is 0 Å². The van der Waals surface area contributed by atoms with Crippen molar-refractivity contribution in [1.29, 1.82) is 0 Å². The van der Waals surface area contributed by atoms with Gasteiger partial charge in [0, 0.05) is 0 Å². The van der Waals surface area contributed by atoms with Crippen molar-refractivity contribution in [3.05, 3.63) is 42.1 Å². The molecule has 0 atom stereocenters. The Balaban J connectivity index is 2.14. The first-order chi connectivity index (χ1) is 8.22. The van der Waals surface area contributed by atoms with Gasteiger partial charge < -0.3 is 10.2 Å². The van der Waals surface area contributed by atoms with Gasteiger partial charge in [-0.05, 0) is 36.8 Å². The summed E-state index contributed by atoms with van der Waals surface area (Å²) in [7, 11) is 0. The molecule has 0 bridgehead atoms. The molecule has 0 amide bonds. The Hall–Kier alpha value is -2.36. The van der Waals surface area contributed by atoms with Crippen LogP contribution in [0.25, 0.3) is 22.7 Å². The maximum atomic E-state index is 5.63. The summed E-state index contributed by atoms with van der Waals surface area (Å²) in [6, 6.07) is 9.47. The van der Waals surface area contributed by atoms with E-state index in [1.54, 1.807) is 18.3 Å². The van der Waals surface area contributed by atoms with E-state index in [-0.39, 0.29) is 0 Å². The van der Waals surface area contributed by atoms with E-state index in [4.69, 9.17) is 10.2 Å². The number of nitrogens with zero attached hydrogens (tertiary/aromatic N) is 2. The number of hydrogen-bond donors (Lipinski definition) is 1. The number of nitrogen functional groups attached to an aromatic ring is 1. The van der Waals surface area contributed by atoms with Crippen LogP contribution in [0.5, 0.6) is 0 Å². The normalized spacial score (nSPS) is 10.9. The van der Waals surface area contributed by atoms with Crippen molar-refractivity contribution in [2.45, 2.75) is 6.92 Å². The molecule has 0 fully saturated rings. The third-order valence-electron chi connectivity index (χ3n) is 2.55. The molecule has 4 heteroatoms. The third kappa shape index (κ3) is 1.73. The highest BCUT2D eigenvalue weighted by Crippen LogP contribution is 2.23. The number of hydrogen-bond acceptors (Lipinski definition) is 4. The number of pyridine rings is 1. The van der Waals surface area contributed by atoms with Crippen LogP contribution in [0, 0.1) is 6.92 Å². The zero-order valence-corrected chi connectivity index (χ0v) is 9.34. The largest absolute Gasteiger partial charge is 0.435 e. The molecule has 2 N–H and O–H groups in total. The van der Waals surface area contributed by atoms with Gasteiger partial charge in [-0.3, -0.25) is 0 Å². The Morgan fingerprint density at radius 3 is 2.82 bits per heavy atom. The molecule has 0 aliphatic carbocycles. The summed E-state index contributed by atoms with van der Waals surface area (Å²) in [5.41, 5.74) is 9.67. The second-order valence-corrected chi connectivity index (χ2v) is 3.97. The van der Waals surface area contributed by atoms with Crippen molar-refractivity contribution in [1.82, 2.24) is 9.97 Å². The van der Waals surface area contributed by atoms with Crippen LogP contribution in [0.2, 0.25) is 0 Å². The standard InChI is InChI=1S/C13H11N3O/c1-8-2-5-12-11(6-8)16-13(17-12)10-4-3-9(14)7-15-10/h2-7H,14H2,1H3. The molecular weight excluding hydrogens is 214 g/mol. The highest BCUT2D eigenvalue weighted by atomic mass is 16.3. The van der Waals surface area contributed by atoms with E-state index in [0.717, 1.165) is 16.7 Å². The molecular formula is C13H11N3O. The van der Waals surface area contributed by atoms with Crippen LogP contribution >= 0.6 is 0 Å². The van der Waals surface area contributed by atoms with E-state index in [2.05, 4.69) is 9.97 Å². The molecule has 0 radical (unpaired) electrons. The van der Waals surface area contributed by atoms with Crippen molar-refractivity contribution >= 4 is 16.8 Å². The highest BCUT2D eigenvalue weighted by Gasteiger charge is 2.08. The number of aromatic nitrogens is 2. The lowest BCUT2D eigenvalue weighted by Crippen LogP contribution is -1.87. The van der Waals surface area contributed by atoms with Crippen LogP contribution in [-0.4, -0.2) is 9.97 Å². The minimum atomic E-state index is 0.519. The quantitative estimate of drug-likeness (QED) is 0.691. The molecule has 0 aliphatic rings. The van der Waals surface area contributed by atoms with E-state index in [1.165, 1.54) is 0 Å². The van der Waals surface area contributed by atoms with Gasteiger partial charge in [0.05, 0.1) is 11.9 Å². The van der Waals surface area contributed by atoms with Crippen LogP contribution in [0.1, 0.15) is 5.56 Å². The summed E-state index contributed by atoms with van der Waals surface area (Å²) in [5, 5.41) is 0. The van der Waals surface area contributed by atoms with E-state index >= 15 is 0 Å². The number of anilines is 1. The summed E-state index contributed by atoms with van der Waals surface area (Å²) in [6.07, 6.45) is 1.59. The van der Waals surface area contributed by atoms with Crippen molar-refractivity contribution in [3.63, 3.8) is 0 Å². The molecule has 17 heavy (non-hydrogen) atoms. The van der Waals surface area contributed by atoms with Gasteiger partial charge in [0.25, 0.3) is 0 Å². The van der Waals surface area contributed by atoms with Crippen LogP contribution in [0.15, 0.2) is 40.9 Å². The molecule has 0 aliphatic heterocycles. The Morgan fingerprint density at radius 2 is 2.06 bits per heavy atom. The molecule has 3 aromatic rings. The van der Waals surface area contributed by atoms with Crippen LogP contribution in [-0.2, 0) is 0 Å². The van der Waals surface area contributed by atoms with E-state index in [9.17, 15) is 0 Å². The molecule has 3 rings (SSSR count). The van der Waals surface area contributed by atoms with Crippen molar-refractivity contribution in [3.8, 4) is 11.6 Å². The third-order valence-corrected chi connectivity index (χ3v) is 2.55. The lowest BCUT2D eigenvalue weighted by atomic mass is 10.2. The number of benzene rings is 1. The molecule has 0 saturated carbocycles. The summed E-state index contributed by atoms with van der Waals surface area (Å²) in [4.78, 5) is 8.59. The predicted octanol–water partition coefficient (Wildman–Crippen LogP) is 2.78. The minimum absolute atomic E-state index is 0.519. The number of nitrogens with two attached hydrogens (primary N) is 1. The van der Waals surface area contributed by atoms with Gasteiger partial charge in [0.2, 0.25) is 5.89 Å². The van der Waals surface area contributed by atoms with Crippen molar-refractivity contribution < 1.29 is 4.42 Å². The molecule has 2 aromatic heterocycles.